The minimum atomic E-state index is -0.124. The molecule has 1 aliphatic rings. The molecule has 0 aliphatic carbocycles. The van der Waals surface area contributed by atoms with Gasteiger partial charge in [0.1, 0.15) is 0 Å². The highest BCUT2D eigenvalue weighted by Gasteiger charge is 2.15. The first-order chi connectivity index (χ1) is 10.2. The van der Waals surface area contributed by atoms with Gasteiger partial charge in [-0.15, -0.1) is 11.3 Å². The fourth-order valence-corrected chi connectivity index (χ4v) is 3.31. The number of amides is 2. The van der Waals surface area contributed by atoms with Crippen LogP contribution in [0.4, 0.5) is 9.93 Å². The van der Waals surface area contributed by atoms with E-state index in [1.54, 1.807) is 16.2 Å². The lowest BCUT2D eigenvalue weighted by molar-refractivity contribution is 0.180. The largest absolute Gasteiger partial charge is 0.395 e. The number of nitrogens with one attached hydrogen (secondary N) is 1. The van der Waals surface area contributed by atoms with Crippen molar-refractivity contribution in [1.82, 2.24) is 15.2 Å². The van der Waals surface area contributed by atoms with Crippen LogP contribution in [0, 0.1) is 0 Å². The van der Waals surface area contributed by atoms with E-state index in [2.05, 4.69) is 20.6 Å². The fraction of sp³-hybridized carbons (Fsp3) is 0.714. The van der Waals surface area contributed by atoms with Gasteiger partial charge in [-0.25, -0.2) is 9.78 Å². The number of thiazole rings is 1. The summed E-state index contributed by atoms with van der Waals surface area (Å²) < 4.78 is 0. The quantitative estimate of drug-likeness (QED) is 0.796. The summed E-state index contributed by atoms with van der Waals surface area (Å²) in [7, 11) is 0. The zero-order valence-electron chi connectivity index (χ0n) is 12.5. The van der Waals surface area contributed by atoms with E-state index in [1.165, 1.54) is 12.8 Å². The van der Waals surface area contributed by atoms with Crippen molar-refractivity contribution in [3.05, 3.63) is 11.1 Å². The molecule has 1 aliphatic heterocycles. The van der Waals surface area contributed by atoms with Crippen LogP contribution in [0.15, 0.2) is 5.38 Å². The molecule has 0 aromatic carbocycles. The van der Waals surface area contributed by atoms with Crippen LogP contribution in [0.25, 0.3) is 0 Å². The number of aliphatic hydroxyl groups is 1. The van der Waals surface area contributed by atoms with E-state index >= 15 is 0 Å². The Morgan fingerprint density at radius 1 is 1.52 bits per heavy atom. The molecule has 0 radical (unpaired) electrons. The van der Waals surface area contributed by atoms with E-state index < -0.39 is 0 Å². The number of anilines is 1. The molecule has 0 saturated carbocycles. The predicted octanol–water partition coefficient (Wildman–Crippen LogP) is 1.31. The number of urea groups is 1. The highest BCUT2D eigenvalue weighted by Crippen LogP contribution is 2.24. The number of hydrogen-bond donors (Lipinski definition) is 2. The topological polar surface area (TPSA) is 68.7 Å². The molecule has 0 bridgehead atoms. The van der Waals surface area contributed by atoms with Gasteiger partial charge in [-0.3, -0.25) is 0 Å². The number of carbonyl (C=O) groups excluding carboxylic acids is 1. The average molecular weight is 312 g/mol. The lowest BCUT2D eigenvalue weighted by Crippen LogP contribution is -2.42. The van der Waals surface area contributed by atoms with Crippen LogP contribution in [-0.2, 0) is 6.42 Å². The van der Waals surface area contributed by atoms with E-state index in [0.29, 0.717) is 19.6 Å². The van der Waals surface area contributed by atoms with Crippen molar-refractivity contribution in [2.75, 3.05) is 44.2 Å². The first-order valence-electron chi connectivity index (χ1n) is 7.57. The van der Waals surface area contributed by atoms with Crippen molar-refractivity contribution in [2.45, 2.75) is 26.2 Å². The van der Waals surface area contributed by atoms with Crippen LogP contribution in [0.1, 0.15) is 25.5 Å². The van der Waals surface area contributed by atoms with Crippen LogP contribution < -0.4 is 10.2 Å². The highest BCUT2D eigenvalue weighted by atomic mass is 32.1. The number of hydrogen-bond acceptors (Lipinski definition) is 5. The number of rotatable bonds is 7. The van der Waals surface area contributed by atoms with Crippen LogP contribution in [0.3, 0.4) is 0 Å². The van der Waals surface area contributed by atoms with Crippen molar-refractivity contribution >= 4 is 22.5 Å². The normalized spacial score (nSPS) is 14.5. The second-order valence-electron chi connectivity index (χ2n) is 5.10. The molecule has 2 rings (SSSR count). The maximum atomic E-state index is 11.8. The van der Waals surface area contributed by atoms with Crippen molar-refractivity contribution in [1.29, 1.82) is 0 Å². The first kappa shape index (κ1) is 16.0. The highest BCUT2D eigenvalue weighted by molar-refractivity contribution is 7.13. The van der Waals surface area contributed by atoms with E-state index in [-0.39, 0.29) is 12.6 Å². The summed E-state index contributed by atoms with van der Waals surface area (Å²) >= 11 is 1.68. The van der Waals surface area contributed by atoms with Crippen LogP contribution in [0.2, 0.25) is 0 Å². The Kier molecular flexibility index (Phi) is 6.25. The molecular formula is C14H24N4O2S. The van der Waals surface area contributed by atoms with Crippen molar-refractivity contribution in [3.8, 4) is 0 Å². The number of aliphatic hydroxyl groups excluding tert-OH is 1. The Morgan fingerprint density at radius 3 is 2.95 bits per heavy atom. The van der Waals surface area contributed by atoms with Crippen LogP contribution in [0.5, 0.6) is 0 Å². The van der Waals surface area contributed by atoms with Gasteiger partial charge >= 0.3 is 6.03 Å². The average Bonchev–Trinajstić information content (AvgIpc) is 3.15. The summed E-state index contributed by atoms with van der Waals surface area (Å²) in [5.41, 5.74) is 1.03. The van der Waals surface area contributed by atoms with Gasteiger partial charge in [-0.05, 0) is 19.8 Å². The number of likely N-dealkylation sites (N-methyl/N-ethyl adjacent to an activating group) is 1. The molecule has 2 amide bonds. The zero-order valence-corrected chi connectivity index (χ0v) is 13.4. The molecule has 0 atom stereocenters. The van der Waals surface area contributed by atoms with E-state index in [9.17, 15) is 4.79 Å². The summed E-state index contributed by atoms with van der Waals surface area (Å²) in [6.07, 6.45) is 3.25. The molecule has 6 nitrogen and oxygen atoms in total. The second kappa shape index (κ2) is 8.19. The summed E-state index contributed by atoms with van der Waals surface area (Å²) in [6, 6.07) is -0.124. The first-order valence-corrected chi connectivity index (χ1v) is 8.45. The molecule has 2 N–H and O–H groups in total. The second-order valence-corrected chi connectivity index (χ2v) is 5.94. The lowest BCUT2D eigenvalue weighted by atomic mass is 10.3. The molecule has 7 heteroatoms. The van der Waals surface area contributed by atoms with E-state index in [4.69, 9.17) is 5.11 Å². The van der Waals surface area contributed by atoms with Crippen LogP contribution >= 0.6 is 11.3 Å². The third-order valence-electron chi connectivity index (χ3n) is 3.61. The molecule has 2 heterocycles. The van der Waals surface area contributed by atoms with Gasteiger partial charge in [0, 0.05) is 44.5 Å². The minimum Gasteiger partial charge on any atom is -0.395 e. The molecule has 118 valence electrons. The van der Waals surface area contributed by atoms with E-state index in [1.807, 2.05) is 6.92 Å². The summed E-state index contributed by atoms with van der Waals surface area (Å²) in [5, 5.41) is 14.9. The van der Waals surface area contributed by atoms with Gasteiger partial charge < -0.3 is 20.2 Å². The van der Waals surface area contributed by atoms with Gasteiger partial charge in [-0.2, -0.15) is 0 Å². The van der Waals surface area contributed by atoms with Gasteiger partial charge in [0.25, 0.3) is 0 Å². The predicted molar refractivity (Wildman–Crippen MR) is 85.0 cm³/mol. The summed E-state index contributed by atoms with van der Waals surface area (Å²) in [6.45, 7) is 5.65. The number of carbonyl (C=O) groups is 1. The smallest absolute Gasteiger partial charge is 0.317 e. The molecule has 1 aromatic rings. The Hall–Kier alpha value is -1.34. The van der Waals surface area contributed by atoms with Crippen molar-refractivity contribution in [2.24, 2.45) is 0 Å². The Balaban J connectivity index is 1.74. The van der Waals surface area contributed by atoms with Gasteiger partial charge in [0.2, 0.25) is 0 Å². The molecular weight excluding hydrogens is 288 g/mol. The Labute approximate surface area is 129 Å². The minimum absolute atomic E-state index is 0.00740. The van der Waals surface area contributed by atoms with Gasteiger partial charge in [0.15, 0.2) is 5.13 Å². The zero-order chi connectivity index (χ0) is 15.1. The Bertz CT molecular complexity index is 446. The standard InChI is InChI=1S/C14H24N4O2S/c1-2-17(9-10-19)13(20)15-6-5-12-11-21-14(16-12)18-7-3-4-8-18/h11,19H,2-10H2,1H3,(H,15,20). The maximum absolute atomic E-state index is 11.8. The molecule has 21 heavy (non-hydrogen) atoms. The molecule has 1 aromatic heterocycles. The van der Waals surface area contributed by atoms with Gasteiger partial charge in [0.05, 0.1) is 12.3 Å². The third kappa shape index (κ3) is 4.57. The van der Waals surface area contributed by atoms with Gasteiger partial charge in [-0.1, -0.05) is 0 Å². The third-order valence-corrected chi connectivity index (χ3v) is 4.56. The fourth-order valence-electron chi connectivity index (χ4n) is 2.40. The summed E-state index contributed by atoms with van der Waals surface area (Å²) in [4.78, 5) is 20.4. The van der Waals surface area contributed by atoms with E-state index in [0.717, 1.165) is 30.3 Å². The molecule has 1 saturated heterocycles. The van der Waals surface area contributed by atoms with Crippen molar-refractivity contribution < 1.29 is 9.90 Å². The molecule has 1 fully saturated rings. The Morgan fingerprint density at radius 2 is 2.29 bits per heavy atom. The van der Waals surface area contributed by atoms with Crippen molar-refractivity contribution in [3.63, 3.8) is 0 Å². The monoisotopic (exact) mass is 312 g/mol. The maximum Gasteiger partial charge on any atom is 0.317 e. The molecule has 0 spiro atoms. The summed E-state index contributed by atoms with van der Waals surface area (Å²) in [5.74, 6) is 0. The number of nitrogens with zero attached hydrogens (tertiary/aromatic N) is 3. The number of aromatic nitrogens is 1. The molecule has 0 unspecified atom stereocenters. The lowest BCUT2D eigenvalue weighted by Gasteiger charge is -2.19. The van der Waals surface area contributed by atoms with Crippen LogP contribution in [-0.4, -0.2) is 60.4 Å². The SMILES string of the molecule is CCN(CCO)C(=O)NCCc1csc(N2CCCC2)n1.